The van der Waals surface area contributed by atoms with Crippen molar-refractivity contribution in [3.8, 4) is 0 Å². The van der Waals surface area contributed by atoms with Gasteiger partial charge in [0.25, 0.3) is 0 Å². The van der Waals surface area contributed by atoms with Crippen molar-refractivity contribution in [2.24, 2.45) is 0 Å². The van der Waals surface area contributed by atoms with E-state index in [1.165, 1.54) is 90.3 Å². The van der Waals surface area contributed by atoms with Gasteiger partial charge in [-0.2, -0.15) is 0 Å². The Morgan fingerprint density at radius 2 is 0.976 bits per heavy atom. The van der Waals surface area contributed by atoms with Crippen LogP contribution in [0.3, 0.4) is 0 Å². The number of piperidine rings is 2. The molecule has 6 aliphatic rings. The van der Waals surface area contributed by atoms with Crippen LogP contribution in [0, 0.1) is 0 Å². The second-order valence-electron chi connectivity index (χ2n) is 14.6. The van der Waals surface area contributed by atoms with Gasteiger partial charge in [0.05, 0.1) is 18.8 Å². The lowest BCUT2D eigenvalue weighted by Gasteiger charge is -2.37. The summed E-state index contributed by atoms with van der Waals surface area (Å²) in [5.41, 5.74) is 0. The molecule has 4 bridgehead atoms. The Morgan fingerprint density at radius 1 is 0.463 bits per heavy atom. The molecule has 0 aliphatic carbocycles. The molecule has 6 heteroatoms. The summed E-state index contributed by atoms with van der Waals surface area (Å²) in [7, 11) is 0. The molecule has 6 saturated heterocycles. The summed E-state index contributed by atoms with van der Waals surface area (Å²) in [5.74, 6) is 0. The third-order valence-corrected chi connectivity index (χ3v) is 10.3. The number of nitrogens with zero attached hydrogens (tertiary/aromatic N) is 4. The van der Waals surface area contributed by atoms with Crippen LogP contribution in [0.15, 0.2) is 0 Å². The molecule has 0 aromatic heterocycles. The van der Waals surface area contributed by atoms with Gasteiger partial charge in [-0.05, 0) is 126 Å². The maximum atomic E-state index is 5.74. The van der Waals surface area contributed by atoms with E-state index in [-0.39, 0.29) is 0 Å². The zero-order chi connectivity index (χ0) is 29.8. The summed E-state index contributed by atoms with van der Waals surface area (Å²) < 4.78 is 11.1. The Hall–Kier alpha value is -0.240. The lowest BCUT2D eigenvalue weighted by Crippen LogP contribution is -2.45. The zero-order valence-electron chi connectivity index (χ0n) is 28.7. The van der Waals surface area contributed by atoms with Crippen molar-refractivity contribution in [3.05, 3.63) is 0 Å². The summed E-state index contributed by atoms with van der Waals surface area (Å²) in [5, 5.41) is 0. The van der Waals surface area contributed by atoms with Crippen LogP contribution in [0.2, 0.25) is 0 Å². The minimum Gasteiger partial charge on any atom is -0.380 e. The first-order valence-electron chi connectivity index (χ1n) is 17.9. The molecule has 6 rings (SSSR count). The van der Waals surface area contributed by atoms with Crippen LogP contribution in [0.4, 0.5) is 0 Å². The van der Waals surface area contributed by atoms with Gasteiger partial charge in [-0.1, -0.05) is 12.8 Å². The topological polar surface area (TPSA) is 31.4 Å². The van der Waals surface area contributed by atoms with Crippen LogP contribution in [0.5, 0.6) is 0 Å². The van der Waals surface area contributed by atoms with Crippen molar-refractivity contribution in [1.29, 1.82) is 0 Å². The fourth-order valence-electron chi connectivity index (χ4n) is 7.78. The van der Waals surface area contributed by atoms with E-state index in [0.717, 1.165) is 57.0 Å². The summed E-state index contributed by atoms with van der Waals surface area (Å²) in [6, 6.07) is 4.84. The van der Waals surface area contributed by atoms with E-state index in [2.05, 4.69) is 75.0 Å². The highest BCUT2D eigenvalue weighted by atomic mass is 16.5. The Balaban J connectivity index is 0.000000151. The van der Waals surface area contributed by atoms with Crippen molar-refractivity contribution < 1.29 is 9.47 Å². The van der Waals surface area contributed by atoms with Crippen molar-refractivity contribution >= 4 is 0 Å². The SMILES string of the molecule is CC(C)N1C2CCCC1CC2.CC(C)N1CC2CCC(C1)O2.CC(C)N1CCCCC1.CC(C)N1CCCOCC1. The van der Waals surface area contributed by atoms with Gasteiger partial charge >= 0.3 is 0 Å². The van der Waals surface area contributed by atoms with Crippen LogP contribution in [0.1, 0.15) is 126 Å². The van der Waals surface area contributed by atoms with E-state index in [1.807, 2.05) is 0 Å². The molecule has 6 nitrogen and oxygen atoms in total. The predicted octanol–water partition coefficient (Wildman–Crippen LogP) is 6.67. The second kappa shape index (κ2) is 18.5. The van der Waals surface area contributed by atoms with Crippen LogP contribution in [-0.4, -0.2) is 121 Å². The Kier molecular flexibility index (Phi) is 15.9. The number of rotatable bonds is 4. The Bertz CT molecular complexity index is 645. The first-order valence-corrected chi connectivity index (χ1v) is 17.9. The summed E-state index contributed by atoms with van der Waals surface area (Å²) in [6.07, 6.45) is 16.5. The zero-order valence-corrected chi connectivity index (χ0v) is 28.7. The molecule has 41 heavy (non-hydrogen) atoms. The van der Waals surface area contributed by atoms with Gasteiger partial charge in [-0.25, -0.2) is 0 Å². The average molecular weight is 579 g/mol. The van der Waals surface area contributed by atoms with E-state index >= 15 is 0 Å². The number of hydrogen-bond donors (Lipinski definition) is 0. The average Bonchev–Trinajstić information content (AvgIpc) is 3.27. The van der Waals surface area contributed by atoms with Gasteiger partial charge in [0.2, 0.25) is 0 Å². The predicted molar refractivity (Wildman–Crippen MR) is 175 cm³/mol. The highest BCUT2D eigenvalue weighted by Gasteiger charge is 2.37. The maximum Gasteiger partial charge on any atom is 0.0707 e. The molecule has 0 N–H and O–H groups in total. The van der Waals surface area contributed by atoms with Gasteiger partial charge in [-0.3, -0.25) is 14.7 Å². The van der Waals surface area contributed by atoms with Crippen molar-refractivity contribution in [3.63, 3.8) is 0 Å². The smallest absolute Gasteiger partial charge is 0.0707 e. The van der Waals surface area contributed by atoms with Crippen LogP contribution in [-0.2, 0) is 9.47 Å². The molecule has 0 saturated carbocycles. The first-order chi connectivity index (χ1) is 19.7. The van der Waals surface area contributed by atoms with Gasteiger partial charge in [0.1, 0.15) is 0 Å². The fraction of sp³-hybridized carbons (Fsp3) is 1.00. The molecule has 0 aromatic carbocycles. The quantitative estimate of drug-likeness (QED) is 0.371. The van der Waals surface area contributed by atoms with E-state index in [0.29, 0.717) is 24.3 Å². The van der Waals surface area contributed by atoms with Crippen LogP contribution >= 0.6 is 0 Å². The summed E-state index contributed by atoms with van der Waals surface area (Å²) in [4.78, 5) is 10.3. The minimum atomic E-state index is 0.552. The van der Waals surface area contributed by atoms with Gasteiger partial charge in [0, 0.05) is 69.0 Å². The molecule has 0 amide bonds. The summed E-state index contributed by atoms with van der Waals surface area (Å²) in [6.45, 7) is 27.4. The maximum absolute atomic E-state index is 5.74. The minimum absolute atomic E-state index is 0.552. The van der Waals surface area contributed by atoms with E-state index < -0.39 is 0 Å². The molecular formula is C35H70N4O2. The monoisotopic (exact) mass is 579 g/mol. The molecule has 6 fully saturated rings. The second-order valence-corrected chi connectivity index (χ2v) is 14.6. The molecule has 0 aromatic rings. The number of hydrogen-bond acceptors (Lipinski definition) is 6. The van der Waals surface area contributed by atoms with E-state index in [1.54, 1.807) is 0 Å². The molecule has 0 radical (unpaired) electrons. The number of likely N-dealkylation sites (tertiary alicyclic amines) is 2. The third-order valence-electron chi connectivity index (χ3n) is 10.3. The molecular weight excluding hydrogens is 508 g/mol. The lowest BCUT2D eigenvalue weighted by molar-refractivity contribution is -0.0480. The first kappa shape index (κ1) is 35.2. The van der Waals surface area contributed by atoms with E-state index in [4.69, 9.17) is 9.47 Å². The van der Waals surface area contributed by atoms with Gasteiger partial charge in [0.15, 0.2) is 0 Å². The summed E-state index contributed by atoms with van der Waals surface area (Å²) >= 11 is 0. The normalized spacial score (nSPS) is 31.3. The molecule has 4 atom stereocenters. The third kappa shape index (κ3) is 12.0. The van der Waals surface area contributed by atoms with Gasteiger partial charge < -0.3 is 14.4 Å². The highest BCUT2D eigenvalue weighted by molar-refractivity contribution is 4.93. The molecule has 242 valence electrons. The number of fused-ring (bicyclic) bond motifs is 4. The Labute approximate surface area is 255 Å². The molecule has 0 spiro atoms. The molecule has 6 heterocycles. The lowest BCUT2D eigenvalue weighted by atomic mass is 10.0. The standard InChI is InChI=1S/C10H19N.C9H17NO.C8H17NO.C8H17N/c1-8(2)11-9-4-3-5-10(11)7-6-9;1-7(2)10-5-8-3-4-9(6-10)11-8;1-8(2)9-4-3-6-10-7-5-9;1-8(2)9-6-4-3-5-7-9/h8-10H,3-7H2,1-2H3;7-9H,3-6H2,1-2H3;8H,3-7H2,1-2H3;8H,3-7H2,1-2H3. The number of ether oxygens (including phenoxy) is 2. The largest absolute Gasteiger partial charge is 0.380 e. The van der Waals surface area contributed by atoms with Crippen LogP contribution < -0.4 is 0 Å². The van der Waals surface area contributed by atoms with Crippen LogP contribution in [0.25, 0.3) is 0 Å². The van der Waals surface area contributed by atoms with E-state index in [9.17, 15) is 0 Å². The van der Waals surface area contributed by atoms with Crippen molar-refractivity contribution in [2.45, 2.75) is 174 Å². The number of morpholine rings is 1. The highest BCUT2D eigenvalue weighted by Crippen LogP contribution is 2.36. The van der Waals surface area contributed by atoms with Crippen molar-refractivity contribution in [1.82, 2.24) is 19.6 Å². The fourth-order valence-corrected chi connectivity index (χ4v) is 7.78. The van der Waals surface area contributed by atoms with Gasteiger partial charge in [-0.15, -0.1) is 0 Å². The Morgan fingerprint density at radius 3 is 1.44 bits per heavy atom. The van der Waals surface area contributed by atoms with Crippen molar-refractivity contribution in [2.75, 3.05) is 52.5 Å². The molecule has 4 unspecified atom stereocenters. The molecule has 6 aliphatic heterocycles.